The molecule has 0 saturated carbocycles. The van der Waals surface area contributed by atoms with Crippen molar-refractivity contribution in [1.29, 1.82) is 0 Å². The molecular weight excluding hydrogens is 604 g/mol. The summed E-state index contributed by atoms with van der Waals surface area (Å²) < 4.78 is 20.2. The normalized spacial score (nSPS) is 11.4. The molecule has 0 aliphatic heterocycles. The van der Waals surface area contributed by atoms with Gasteiger partial charge in [-0.05, 0) is 88.9 Å². The first kappa shape index (κ1) is 26.9. The first-order chi connectivity index (χ1) is 17.5. The fraction of sp³-hybridized carbons (Fsp3) is 0.259. The van der Waals surface area contributed by atoms with Gasteiger partial charge in [0.15, 0.2) is 5.82 Å². The highest BCUT2D eigenvalue weighted by molar-refractivity contribution is 14.1. The number of fused-ring (bicyclic) bond motifs is 1. The highest BCUT2D eigenvalue weighted by Crippen LogP contribution is 2.34. The first-order valence-electron chi connectivity index (χ1n) is 11.6. The van der Waals surface area contributed by atoms with Crippen LogP contribution < -0.4 is 16.0 Å². The molecule has 0 radical (unpaired) electrons. The Labute approximate surface area is 232 Å². The minimum atomic E-state index is -0.501. The lowest BCUT2D eigenvalue weighted by atomic mass is 9.94. The van der Waals surface area contributed by atoms with Crippen LogP contribution >= 0.6 is 34.1 Å². The molecule has 0 spiro atoms. The summed E-state index contributed by atoms with van der Waals surface area (Å²) >= 11 is 3.22. The summed E-state index contributed by atoms with van der Waals surface area (Å²) in [5.74, 6) is -0.294. The van der Waals surface area contributed by atoms with Crippen molar-refractivity contribution < 1.29 is 14.0 Å². The zero-order valence-electron chi connectivity index (χ0n) is 21.1. The fourth-order valence-corrected chi connectivity index (χ4v) is 5.02. The smallest absolute Gasteiger partial charge is 0.256 e. The Balaban J connectivity index is 1.59. The van der Waals surface area contributed by atoms with Gasteiger partial charge in [-0.3, -0.25) is 14.6 Å². The number of aromatic nitrogens is 2. The van der Waals surface area contributed by atoms with Gasteiger partial charge in [0.05, 0.1) is 16.1 Å². The van der Waals surface area contributed by atoms with Crippen LogP contribution in [0.15, 0.2) is 42.6 Å². The van der Waals surface area contributed by atoms with E-state index in [0.717, 1.165) is 20.3 Å². The number of amides is 2. The van der Waals surface area contributed by atoms with Crippen molar-refractivity contribution in [2.75, 3.05) is 10.6 Å². The molecule has 0 aliphatic carbocycles. The second-order valence-electron chi connectivity index (χ2n) is 9.74. The van der Waals surface area contributed by atoms with Crippen LogP contribution in [0.1, 0.15) is 47.8 Å². The second kappa shape index (κ2) is 10.7. The Hall–Kier alpha value is -3.12. The number of anilines is 3. The van der Waals surface area contributed by atoms with Crippen molar-refractivity contribution in [3.63, 3.8) is 0 Å². The minimum absolute atomic E-state index is 0.0580. The van der Waals surface area contributed by atoms with E-state index in [1.165, 1.54) is 17.6 Å². The van der Waals surface area contributed by atoms with Crippen LogP contribution in [0, 0.1) is 28.6 Å². The predicted octanol–water partition coefficient (Wildman–Crippen LogP) is 6.71. The van der Waals surface area contributed by atoms with Gasteiger partial charge in [-0.1, -0.05) is 32.9 Å². The van der Waals surface area contributed by atoms with Crippen LogP contribution in [0.2, 0.25) is 0 Å². The molecule has 2 amide bonds. The zero-order chi connectivity index (χ0) is 26.9. The lowest BCUT2D eigenvalue weighted by molar-refractivity contribution is -0.128. The largest absolute Gasteiger partial charge is 0.352 e. The van der Waals surface area contributed by atoms with E-state index in [-0.39, 0.29) is 17.6 Å². The Bertz CT molecular complexity index is 1510. The number of rotatable bonds is 6. The van der Waals surface area contributed by atoms with E-state index >= 15 is 0 Å². The van der Waals surface area contributed by atoms with E-state index in [0.29, 0.717) is 39.5 Å². The molecule has 7 nitrogen and oxygen atoms in total. The van der Waals surface area contributed by atoms with Crippen molar-refractivity contribution in [2.24, 2.45) is 5.41 Å². The summed E-state index contributed by atoms with van der Waals surface area (Å²) in [6.07, 6.45) is 1.58. The van der Waals surface area contributed by atoms with E-state index in [1.807, 2.05) is 46.8 Å². The van der Waals surface area contributed by atoms with Crippen molar-refractivity contribution in [3.8, 4) is 0 Å². The predicted molar refractivity (Wildman–Crippen MR) is 155 cm³/mol. The highest BCUT2D eigenvalue weighted by atomic mass is 127. The van der Waals surface area contributed by atoms with E-state index in [1.54, 1.807) is 24.4 Å². The summed E-state index contributed by atoms with van der Waals surface area (Å²) in [7, 11) is 0. The summed E-state index contributed by atoms with van der Waals surface area (Å²) in [4.78, 5) is 30.2. The summed E-state index contributed by atoms with van der Waals surface area (Å²) in [6, 6.07) is 10.4. The summed E-state index contributed by atoms with van der Waals surface area (Å²) in [6.45, 7) is 9.67. The lowest BCUT2D eigenvalue weighted by Crippen LogP contribution is -2.34. The molecule has 37 heavy (non-hydrogen) atoms. The van der Waals surface area contributed by atoms with E-state index in [9.17, 15) is 14.0 Å². The number of aryl methyl sites for hydroxylation is 1. The third-order valence-electron chi connectivity index (χ3n) is 5.92. The standard InChI is InChI=1S/C27H27FIN5O2S/c1-14-6-7-16(13-31-26(36)27(3,4)5)15(2)21(14)25(35)33-20-10-11-30-22-23(20)37-34-24(22)32-19-9-8-17(29)12-18(19)28/h6-12H,13H2,1-5H3,(H,31,36)(H,32,34)(H,30,33,35). The number of halogens is 2. The van der Waals surface area contributed by atoms with Gasteiger partial charge in [0.2, 0.25) is 5.91 Å². The Morgan fingerprint density at radius 2 is 1.84 bits per heavy atom. The molecule has 0 atom stereocenters. The quantitative estimate of drug-likeness (QED) is 0.206. The first-order valence-corrected chi connectivity index (χ1v) is 13.5. The Morgan fingerprint density at radius 1 is 1.08 bits per heavy atom. The van der Waals surface area contributed by atoms with Gasteiger partial charge in [-0.2, -0.15) is 4.37 Å². The molecule has 2 aromatic carbocycles. The van der Waals surface area contributed by atoms with Crippen LogP contribution in [0.3, 0.4) is 0 Å². The molecule has 2 heterocycles. The number of nitrogens with zero attached hydrogens (tertiary/aromatic N) is 2. The molecule has 0 bridgehead atoms. The number of hydrogen-bond donors (Lipinski definition) is 3. The van der Waals surface area contributed by atoms with Crippen molar-refractivity contribution in [2.45, 2.75) is 41.2 Å². The number of carbonyl (C=O) groups excluding carboxylic acids is 2. The molecule has 0 aliphatic rings. The molecule has 2 aromatic heterocycles. The minimum Gasteiger partial charge on any atom is -0.352 e. The number of nitrogens with one attached hydrogen (secondary N) is 3. The highest BCUT2D eigenvalue weighted by Gasteiger charge is 2.22. The lowest BCUT2D eigenvalue weighted by Gasteiger charge is -2.19. The van der Waals surface area contributed by atoms with Crippen molar-refractivity contribution in [3.05, 3.63) is 74.2 Å². The van der Waals surface area contributed by atoms with Crippen LogP contribution in [-0.4, -0.2) is 21.2 Å². The molecule has 0 unspecified atom stereocenters. The van der Waals surface area contributed by atoms with Crippen molar-refractivity contribution in [1.82, 2.24) is 14.7 Å². The van der Waals surface area contributed by atoms with Gasteiger partial charge in [-0.25, -0.2) is 4.39 Å². The van der Waals surface area contributed by atoms with Gasteiger partial charge in [0.1, 0.15) is 11.3 Å². The van der Waals surface area contributed by atoms with E-state index < -0.39 is 5.41 Å². The average molecular weight is 632 g/mol. The summed E-state index contributed by atoms with van der Waals surface area (Å²) in [5, 5.41) is 8.95. The van der Waals surface area contributed by atoms with Gasteiger partial charge in [0.25, 0.3) is 5.91 Å². The maximum atomic E-state index is 14.4. The van der Waals surface area contributed by atoms with Crippen LogP contribution in [-0.2, 0) is 11.3 Å². The molecule has 0 fully saturated rings. The van der Waals surface area contributed by atoms with Gasteiger partial charge in [0, 0.05) is 27.3 Å². The van der Waals surface area contributed by atoms with Crippen molar-refractivity contribution >= 4 is 73.3 Å². The van der Waals surface area contributed by atoms with Gasteiger partial charge < -0.3 is 16.0 Å². The number of carbonyl (C=O) groups is 2. The van der Waals surface area contributed by atoms with Crippen LogP contribution in [0.4, 0.5) is 21.6 Å². The Kier molecular flexibility index (Phi) is 7.79. The molecule has 192 valence electrons. The molecule has 0 saturated heterocycles. The van der Waals surface area contributed by atoms with Gasteiger partial charge >= 0.3 is 0 Å². The summed E-state index contributed by atoms with van der Waals surface area (Å²) in [5.41, 5.74) is 3.95. The van der Waals surface area contributed by atoms with Gasteiger partial charge in [-0.15, -0.1) is 0 Å². The van der Waals surface area contributed by atoms with E-state index in [4.69, 9.17) is 0 Å². The second-order valence-corrected chi connectivity index (χ2v) is 11.8. The molecule has 4 aromatic rings. The number of benzene rings is 2. The maximum Gasteiger partial charge on any atom is 0.256 e. The molecule has 3 N–H and O–H groups in total. The van der Waals surface area contributed by atoms with Crippen LogP contribution in [0.25, 0.3) is 10.2 Å². The van der Waals surface area contributed by atoms with E-state index in [2.05, 4.69) is 47.9 Å². The third-order valence-corrected chi connectivity index (χ3v) is 7.46. The number of pyridine rings is 1. The average Bonchev–Trinajstić information content (AvgIpc) is 3.23. The molecular formula is C27H27FIN5O2S. The molecule has 4 rings (SSSR count). The van der Waals surface area contributed by atoms with Crippen LogP contribution in [0.5, 0.6) is 0 Å². The molecule has 10 heteroatoms. The monoisotopic (exact) mass is 631 g/mol. The zero-order valence-corrected chi connectivity index (χ0v) is 24.1. The fourth-order valence-electron chi connectivity index (χ4n) is 3.80. The third kappa shape index (κ3) is 5.90. The maximum absolute atomic E-state index is 14.4. The topological polar surface area (TPSA) is 96.0 Å². The SMILES string of the molecule is Cc1ccc(CNC(=O)C(C)(C)C)c(C)c1C(=O)Nc1ccnc2c(Nc3ccc(I)cc3F)nsc12. The Morgan fingerprint density at radius 3 is 2.54 bits per heavy atom. The number of hydrogen-bond acceptors (Lipinski definition) is 6.